The van der Waals surface area contributed by atoms with Crippen LogP contribution in [0.3, 0.4) is 0 Å². The minimum Gasteiger partial charge on any atom is -0.344 e. The Morgan fingerprint density at radius 3 is 2.58 bits per heavy atom. The number of hydrogen-bond donors (Lipinski definition) is 1. The van der Waals surface area contributed by atoms with Crippen molar-refractivity contribution < 1.29 is 0 Å². The van der Waals surface area contributed by atoms with Gasteiger partial charge in [-0.2, -0.15) is 0 Å². The molecule has 1 atom stereocenters. The van der Waals surface area contributed by atoms with Gasteiger partial charge >= 0.3 is 0 Å². The number of aromatic amines is 1. The molecule has 5 nitrogen and oxygen atoms in total. The van der Waals surface area contributed by atoms with Gasteiger partial charge in [-0.25, -0.2) is 15.0 Å². The fourth-order valence-electron chi connectivity index (χ4n) is 2.73. The van der Waals surface area contributed by atoms with Crippen LogP contribution in [0.4, 0.5) is 5.95 Å². The van der Waals surface area contributed by atoms with E-state index < -0.39 is 0 Å². The molecule has 1 fully saturated rings. The van der Waals surface area contributed by atoms with Crippen LogP contribution in [0.5, 0.6) is 0 Å². The molecule has 3 heterocycles. The highest BCUT2D eigenvalue weighted by Gasteiger charge is 2.30. The number of hydrogen-bond acceptors (Lipinski definition) is 4. The summed E-state index contributed by atoms with van der Waals surface area (Å²) in [5, 5.41) is 0. The maximum Gasteiger partial charge on any atom is 0.226 e. The minimum atomic E-state index is 0.273. The SMILES string of the molecule is Cc1cc(C)nc(N2CCC[C@@H]2c2ncc(C)[nH]2)n1. The molecule has 19 heavy (non-hydrogen) atoms. The van der Waals surface area contributed by atoms with Crippen LogP contribution in [0.2, 0.25) is 0 Å². The van der Waals surface area contributed by atoms with E-state index in [1.807, 2.05) is 33.0 Å². The van der Waals surface area contributed by atoms with Gasteiger partial charge < -0.3 is 9.88 Å². The Labute approximate surface area is 113 Å². The summed E-state index contributed by atoms with van der Waals surface area (Å²) in [7, 11) is 0. The van der Waals surface area contributed by atoms with E-state index in [2.05, 4.69) is 24.8 Å². The van der Waals surface area contributed by atoms with E-state index in [1.165, 1.54) is 0 Å². The first-order valence-electron chi connectivity index (χ1n) is 6.74. The maximum atomic E-state index is 4.57. The van der Waals surface area contributed by atoms with Gasteiger partial charge in [-0.15, -0.1) is 0 Å². The van der Waals surface area contributed by atoms with E-state index in [0.717, 1.165) is 48.2 Å². The van der Waals surface area contributed by atoms with Crippen LogP contribution in [0, 0.1) is 20.8 Å². The molecule has 1 N–H and O–H groups in total. The first-order chi connectivity index (χ1) is 9.13. The summed E-state index contributed by atoms with van der Waals surface area (Å²) >= 11 is 0. The first kappa shape index (κ1) is 12.1. The van der Waals surface area contributed by atoms with Gasteiger partial charge in [0.15, 0.2) is 0 Å². The van der Waals surface area contributed by atoms with Crippen LogP contribution in [-0.2, 0) is 0 Å². The Morgan fingerprint density at radius 2 is 1.95 bits per heavy atom. The molecule has 0 unspecified atom stereocenters. The van der Waals surface area contributed by atoms with Crippen LogP contribution in [0.1, 0.15) is 41.8 Å². The molecule has 100 valence electrons. The highest BCUT2D eigenvalue weighted by molar-refractivity contribution is 5.37. The molecular weight excluding hydrogens is 238 g/mol. The molecule has 2 aromatic heterocycles. The van der Waals surface area contributed by atoms with Crippen molar-refractivity contribution in [2.75, 3.05) is 11.4 Å². The van der Waals surface area contributed by atoms with E-state index in [0.29, 0.717) is 0 Å². The molecule has 0 amide bonds. The zero-order chi connectivity index (χ0) is 13.4. The fraction of sp³-hybridized carbons (Fsp3) is 0.500. The molecule has 0 spiro atoms. The predicted molar refractivity (Wildman–Crippen MR) is 74.2 cm³/mol. The average Bonchev–Trinajstić information content (AvgIpc) is 2.95. The van der Waals surface area contributed by atoms with Gasteiger partial charge in [-0.1, -0.05) is 0 Å². The molecule has 5 heteroatoms. The van der Waals surface area contributed by atoms with Gasteiger partial charge in [0.05, 0.1) is 6.04 Å². The van der Waals surface area contributed by atoms with Crippen LogP contribution < -0.4 is 4.90 Å². The number of imidazole rings is 1. The number of aryl methyl sites for hydroxylation is 3. The standard InChI is InChI=1S/C14H19N5/c1-9-7-10(2)18-14(17-9)19-6-4-5-12(19)13-15-8-11(3)16-13/h7-8,12H,4-6H2,1-3H3,(H,15,16)/t12-/m1/s1. The van der Waals surface area contributed by atoms with Gasteiger partial charge in [0, 0.05) is 29.8 Å². The van der Waals surface area contributed by atoms with E-state index in [9.17, 15) is 0 Å². The summed E-state index contributed by atoms with van der Waals surface area (Å²) in [4.78, 5) is 19.2. The highest BCUT2D eigenvalue weighted by atomic mass is 15.3. The second-order valence-corrected chi connectivity index (χ2v) is 5.25. The van der Waals surface area contributed by atoms with Crippen molar-refractivity contribution in [3.8, 4) is 0 Å². The van der Waals surface area contributed by atoms with Gasteiger partial charge in [0.1, 0.15) is 5.82 Å². The summed E-state index contributed by atoms with van der Waals surface area (Å²) in [5.74, 6) is 1.85. The van der Waals surface area contributed by atoms with Crippen molar-refractivity contribution in [1.29, 1.82) is 0 Å². The second-order valence-electron chi connectivity index (χ2n) is 5.25. The molecule has 2 aromatic rings. The molecule has 0 saturated carbocycles. The molecule has 0 radical (unpaired) electrons. The Kier molecular flexibility index (Phi) is 2.97. The summed E-state index contributed by atoms with van der Waals surface area (Å²) in [6.45, 7) is 7.05. The van der Waals surface area contributed by atoms with Crippen molar-refractivity contribution in [1.82, 2.24) is 19.9 Å². The van der Waals surface area contributed by atoms with Crippen LogP contribution in [0.25, 0.3) is 0 Å². The number of nitrogens with one attached hydrogen (secondary N) is 1. The van der Waals surface area contributed by atoms with Crippen molar-refractivity contribution in [3.05, 3.63) is 35.2 Å². The largest absolute Gasteiger partial charge is 0.344 e. The molecule has 3 rings (SSSR count). The molecule has 0 aliphatic carbocycles. The van der Waals surface area contributed by atoms with Crippen LogP contribution >= 0.6 is 0 Å². The summed E-state index contributed by atoms with van der Waals surface area (Å²) in [6, 6.07) is 2.28. The molecule has 1 aliphatic rings. The highest BCUT2D eigenvalue weighted by Crippen LogP contribution is 2.33. The number of anilines is 1. The Balaban J connectivity index is 1.94. The molecule has 1 aliphatic heterocycles. The van der Waals surface area contributed by atoms with Crippen molar-refractivity contribution in [3.63, 3.8) is 0 Å². The monoisotopic (exact) mass is 257 g/mol. The number of H-pyrrole nitrogens is 1. The quantitative estimate of drug-likeness (QED) is 0.898. The Bertz CT molecular complexity index is 569. The normalized spacial score (nSPS) is 19.1. The van der Waals surface area contributed by atoms with Crippen molar-refractivity contribution >= 4 is 5.95 Å². The third kappa shape index (κ3) is 2.32. The summed E-state index contributed by atoms with van der Waals surface area (Å²) < 4.78 is 0. The Hall–Kier alpha value is -1.91. The lowest BCUT2D eigenvalue weighted by molar-refractivity contribution is 0.659. The van der Waals surface area contributed by atoms with E-state index >= 15 is 0 Å². The van der Waals surface area contributed by atoms with Gasteiger partial charge in [-0.05, 0) is 39.7 Å². The average molecular weight is 257 g/mol. The second kappa shape index (κ2) is 4.64. The zero-order valence-electron chi connectivity index (χ0n) is 11.6. The topological polar surface area (TPSA) is 57.7 Å². The van der Waals surface area contributed by atoms with Crippen molar-refractivity contribution in [2.24, 2.45) is 0 Å². The van der Waals surface area contributed by atoms with E-state index in [-0.39, 0.29) is 6.04 Å². The fourth-order valence-corrected chi connectivity index (χ4v) is 2.73. The van der Waals surface area contributed by atoms with Crippen molar-refractivity contribution in [2.45, 2.75) is 39.7 Å². The summed E-state index contributed by atoms with van der Waals surface area (Å²) in [5.41, 5.74) is 3.13. The number of nitrogens with zero attached hydrogens (tertiary/aromatic N) is 4. The molecule has 0 aromatic carbocycles. The number of aromatic nitrogens is 4. The number of rotatable bonds is 2. The van der Waals surface area contributed by atoms with E-state index in [1.54, 1.807) is 0 Å². The Morgan fingerprint density at radius 1 is 1.21 bits per heavy atom. The lowest BCUT2D eigenvalue weighted by atomic mass is 10.2. The summed E-state index contributed by atoms with van der Waals surface area (Å²) in [6.07, 6.45) is 4.14. The van der Waals surface area contributed by atoms with Gasteiger partial charge in [0.25, 0.3) is 0 Å². The van der Waals surface area contributed by atoms with Gasteiger partial charge in [0.2, 0.25) is 5.95 Å². The zero-order valence-corrected chi connectivity index (χ0v) is 11.6. The minimum absolute atomic E-state index is 0.273. The molecule has 1 saturated heterocycles. The van der Waals surface area contributed by atoms with E-state index in [4.69, 9.17) is 0 Å². The lowest BCUT2D eigenvalue weighted by Crippen LogP contribution is -2.26. The predicted octanol–water partition coefficient (Wildman–Crippen LogP) is 2.47. The molecular formula is C14H19N5. The lowest BCUT2D eigenvalue weighted by Gasteiger charge is -2.23. The third-order valence-electron chi connectivity index (χ3n) is 3.52. The third-order valence-corrected chi connectivity index (χ3v) is 3.52. The maximum absolute atomic E-state index is 4.57. The van der Waals surface area contributed by atoms with Gasteiger partial charge in [-0.3, -0.25) is 0 Å². The first-order valence-corrected chi connectivity index (χ1v) is 6.74. The van der Waals surface area contributed by atoms with Crippen LogP contribution in [0.15, 0.2) is 12.3 Å². The van der Waals surface area contributed by atoms with Crippen LogP contribution in [-0.4, -0.2) is 26.5 Å². The molecule has 0 bridgehead atoms. The smallest absolute Gasteiger partial charge is 0.226 e.